The minimum atomic E-state index is -4.30. The normalized spacial score (nSPS) is 13.3. The van der Waals surface area contributed by atoms with Gasteiger partial charge in [-0.25, -0.2) is 16.8 Å². The van der Waals surface area contributed by atoms with E-state index in [2.05, 4.69) is 41.5 Å². The largest absolute Gasteiger partial charge is 1.00 e. The zero-order valence-corrected chi connectivity index (χ0v) is 31.2. The van der Waals surface area contributed by atoms with Crippen LogP contribution in [0.4, 0.5) is 0 Å². The van der Waals surface area contributed by atoms with E-state index in [4.69, 9.17) is 4.55 Å². The van der Waals surface area contributed by atoms with E-state index in [9.17, 15) is 34.4 Å². The van der Waals surface area contributed by atoms with Crippen molar-refractivity contribution in [3.05, 3.63) is 89.5 Å². The molecular formula is C30H40LiNaO9S3. The van der Waals surface area contributed by atoms with Gasteiger partial charge in [0.25, 0.3) is 10.1 Å². The van der Waals surface area contributed by atoms with Crippen molar-refractivity contribution in [1.82, 2.24) is 0 Å². The Labute approximate surface area is 298 Å². The summed E-state index contributed by atoms with van der Waals surface area (Å²) in [5.41, 5.74) is 3.19. The second-order valence-corrected chi connectivity index (χ2v) is 14.2. The van der Waals surface area contributed by atoms with Crippen LogP contribution in [-0.4, -0.2) is 38.9 Å². The van der Waals surface area contributed by atoms with Crippen LogP contribution < -0.4 is 48.4 Å². The molecule has 9 nitrogen and oxygen atoms in total. The van der Waals surface area contributed by atoms with Crippen LogP contribution >= 0.6 is 0 Å². The van der Waals surface area contributed by atoms with Crippen molar-refractivity contribution in [2.45, 2.75) is 93.2 Å². The monoisotopic (exact) mass is 670 g/mol. The van der Waals surface area contributed by atoms with Gasteiger partial charge in [0, 0.05) is 0 Å². The molecule has 0 bridgehead atoms. The van der Waals surface area contributed by atoms with Gasteiger partial charge in [0.15, 0.2) is 0 Å². The van der Waals surface area contributed by atoms with Gasteiger partial charge in [0.2, 0.25) is 0 Å². The second-order valence-electron chi connectivity index (χ2n) is 10.0. The molecule has 0 aliphatic rings. The summed E-state index contributed by atoms with van der Waals surface area (Å²) in [6.07, 6.45) is 2.98. The standard InChI is InChI=1S/3C10H14O3S.Li.Na/c3*1-3-8(2)9-4-6-10(7-5-9)14(11,12)13;;/h3*4-8H,3H2,1-2H3,(H,11,12,13);;/q;;;2*+1/p-2. The first-order valence-corrected chi connectivity index (χ1v) is 17.8. The van der Waals surface area contributed by atoms with E-state index in [1.54, 1.807) is 36.4 Å². The SMILES string of the molecule is CCC(C)c1ccc(S(=O)(=O)O)cc1.CCC(C)c1ccc(S(=O)(=O)[O-])cc1.CCC(C)c1ccc(S(=O)(=O)[O-])cc1.[Li+].[Na+]. The van der Waals surface area contributed by atoms with E-state index in [0.29, 0.717) is 17.8 Å². The van der Waals surface area contributed by atoms with Crippen molar-refractivity contribution in [2.75, 3.05) is 0 Å². The summed E-state index contributed by atoms with van der Waals surface area (Å²) in [6, 6.07) is 18.6. The molecule has 3 aromatic carbocycles. The van der Waals surface area contributed by atoms with Crippen LogP contribution in [0.2, 0.25) is 0 Å². The maximum absolute atomic E-state index is 10.7. The Morgan fingerprint density at radius 1 is 0.523 bits per heavy atom. The van der Waals surface area contributed by atoms with E-state index in [-0.39, 0.29) is 63.1 Å². The predicted octanol–water partition coefficient (Wildman–Crippen LogP) is 0.663. The Balaban J connectivity index is 0. The van der Waals surface area contributed by atoms with Crippen molar-refractivity contribution in [2.24, 2.45) is 0 Å². The van der Waals surface area contributed by atoms with Gasteiger partial charge in [-0.2, -0.15) is 8.42 Å². The van der Waals surface area contributed by atoms with Crippen LogP contribution in [0.15, 0.2) is 87.5 Å². The molecule has 234 valence electrons. The quantitative estimate of drug-likeness (QED) is 0.254. The van der Waals surface area contributed by atoms with E-state index in [1.165, 1.54) is 36.4 Å². The Hall–Kier alpha value is -1.01. The molecule has 0 spiro atoms. The molecule has 0 aromatic heterocycles. The van der Waals surface area contributed by atoms with Gasteiger partial charge in [-0.15, -0.1) is 0 Å². The maximum Gasteiger partial charge on any atom is 1.00 e. The number of hydrogen-bond acceptors (Lipinski definition) is 8. The smallest absolute Gasteiger partial charge is 0.744 e. The summed E-state index contributed by atoms with van der Waals surface area (Å²) >= 11 is 0. The Morgan fingerprint density at radius 2 is 0.727 bits per heavy atom. The minimum Gasteiger partial charge on any atom is -0.744 e. The summed E-state index contributed by atoms with van der Waals surface area (Å²) < 4.78 is 94.0. The molecular weight excluding hydrogens is 630 g/mol. The van der Waals surface area contributed by atoms with Crippen LogP contribution in [0.1, 0.15) is 95.2 Å². The summed E-state index contributed by atoms with van der Waals surface area (Å²) in [5.74, 6) is 1.18. The molecule has 3 atom stereocenters. The molecule has 0 aliphatic heterocycles. The molecule has 3 rings (SSSR count). The van der Waals surface area contributed by atoms with Crippen molar-refractivity contribution >= 4 is 30.4 Å². The van der Waals surface area contributed by atoms with Gasteiger partial charge in [-0.1, -0.05) is 77.9 Å². The van der Waals surface area contributed by atoms with Crippen molar-refractivity contribution in [1.29, 1.82) is 0 Å². The predicted molar refractivity (Wildman–Crippen MR) is 161 cm³/mol. The summed E-state index contributed by atoms with van der Waals surface area (Å²) in [4.78, 5) is -0.376. The average molecular weight is 671 g/mol. The van der Waals surface area contributed by atoms with Gasteiger partial charge in [-0.05, 0) is 90.1 Å². The summed E-state index contributed by atoms with van der Waals surface area (Å²) in [7, 11) is -12.7. The molecule has 14 heteroatoms. The van der Waals surface area contributed by atoms with Crippen LogP contribution in [0.5, 0.6) is 0 Å². The first-order chi connectivity index (χ1) is 19.3. The second kappa shape index (κ2) is 20.3. The van der Waals surface area contributed by atoms with Gasteiger partial charge >= 0.3 is 48.4 Å². The first kappa shape index (κ1) is 45.1. The van der Waals surface area contributed by atoms with Gasteiger partial charge in [0.05, 0.1) is 14.7 Å². The summed E-state index contributed by atoms with van der Waals surface area (Å²) in [6.45, 7) is 12.4. The third kappa shape index (κ3) is 15.5. The maximum atomic E-state index is 10.7. The number of hydrogen-bond donors (Lipinski definition) is 1. The molecule has 0 saturated heterocycles. The van der Waals surface area contributed by atoms with Crippen molar-refractivity contribution < 1.29 is 87.3 Å². The molecule has 3 unspecified atom stereocenters. The molecule has 1 N–H and O–H groups in total. The first-order valence-electron chi connectivity index (χ1n) is 13.5. The zero-order valence-electron chi connectivity index (χ0n) is 26.7. The van der Waals surface area contributed by atoms with Gasteiger partial charge in [0.1, 0.15) is 20.2 Å². The van der Waals surface area contributed by atoms with Crippen molar-refractivity contribution in [3.8, 4) is 0 Å². The number of benzene rings is 3. The molecule has 0 fully saturated rings. The molecule has 0 aliphatic carbocycles. The van der Waals surface area contributed by atoms with Gasteiger partial charge in [-0.3, -0.25) is 4.55 Å². The fourth-order valence-corrected chi connectivity index (χ4v) is 5.02. The van der Waals surface area contributed by atoms with E-state index < -0.39 is 30.4 Å². The third-order valence-electron chi connectivity index (χ3n) is 7.06. The van der Waals surface area contributed by atoms with Crippen LogP contribution in [0, 0.1) is 0 Å². The van der Waals surface area contributed by atoms with Crippen LogP contribution in [0.25, 0.3) is 0 Å². The fourth-order valence-electron chi connectivity index (χ4n) is 3.60. The van der Waals surface area contributed by atoms with E-state index in [1.807, 2.05) is 0 Å². The van der Waals surface area contributed by atoms with E-state index in [0.717, 1.165) is 36.0 Å². The van der Waals surface area contributed by atoms with Crippen LogP contribution in [0.3, 0.4) is 0 Å². The molecule has 0 saturated carbocycles. The topological polar surface area (TPSA) is 169 Å². The molecule has 0 amide bonds. The molecule has 3 aromatic rings. The molecule has 0 radical (unpaired) electrons. The third-order valence-corrected chi connectivity index (χ3v) is 9.63. The Morgan fingerprint density at radius 3 is 0.886 bits per heavy atom. The number of rotatable bonds is 9. The molecule has 44 heavy (non-hydrogen) atoms. The minimum absolute atomic E-state index is 0. The van der Waals surface area contributed by atoms with E-state index >= 15 is 0 Å². The Bertz CT molecular complexity index is 1380. The Kier molecular flexibility index (Phi) is 20.8. The average Bonchev–Trinajstić information content (AvgIpc) is 2.95. The van der Waals surface area contributed by atoms with Crippen LogP contribution in [-0.2, 0) is 30.4 Å². The fraction of sp³-hybridized carbons (Fsp3) is 0.400. The van der Waals surface area contributed by atoms with Gasteiger partial charge < -0.3 is 9.11 Å². The zero-order chi connectivity index (χ0) is 32.3. The van der Waals surface area contributed by atoms with Crippen molar-refractivity contribution in [3.63, 3.8) is 0 Å². The summed E-state index contributed by atoms with van der Waals surface area (Å²) in [5, 5.41) is 0. The molecule has 0 heterocycles.